The molecule has 6 unspecified atom stereocenters. The molecule has 0 aromatic heterocycles. The minimum absolute atomic E-state index is 0.0441. The molecule has 2 fully saturated rings. The number of ether oxygens (including phenoxy) is 2. The number of hydrogen-bond donors (Lipinski definition) is 8. The summed E-state index contributed by atoms with van der Waals surface area (Å²) in [4.78, 5) is 0. The number of rotatable bonds is 3. The van der Waals surface area contributed by atoms with Gasteiger partial charge in [-0.3, -0.25) is 0 Å². The minimum atomic E-state index is -1.31. The lowest BCUT2D eigenvalue weighted by Crippen LogP contribution is -2.67. The second kappa shape index (κ2) is 7.01. The SMILES string of the molecule is NCC1O[C@H](O[C@@H]2C(N)C[C@@H](N)C(O)C2O)C(N)C(O)[C@@H]1O. The summed E-state index contributed by atoms with van der Waals surface area (Å²) < 4.78 is 11.0. The molecule has 0 aromatic rings. The molecule has 2 aliphatic rings. The monoisotopic (exact) mass is 322 g/mol. The summed E-state index contributed by atoms with van der Waals surface area (Å²) in [6.07, 6.45) is -7.73. The topological polar surface area (TPSA) is 203 Å². The van der Waals surface area contributed by atoms with Crippen molar-refractivity contribution in [2.24, 2.45) is 22.9 Å². The van der Waals surface area contributed by atoms with Gasteiger partial charge in [-0.15, -0.1) is 0 Å². The van der Waals surface area contributed by atoms with E-state index < -0.39 is 61.0 Å². The van der Waals surface area contributed by atoms with E-state index in [9.17, 15) is 20.4 Å². The van der Waals surface area contributed by atoms with Crippen molar-refractivity contribution >= 4 is 0 Å². The van der Waals surface area contributed by atoms with Gasteiger partial charge in [-0.2, -0.15) is 0 Å². The van der Waals surface area contributed by atoms with Gasteiger partial charge in [-0.25, -0.2) is 0 Å². The first-order valence-corrected chi connectivity index (χ1v) is 7.28. The second-order valence-electron chi connectivity index (χ2n) is 5.98. The summed E-state index contributed by atoms with van der Waals surface area (Å²) in [6.45, 7) is -0.0441. The highest BCUT2D eigenvalue weighted by Gasteiger charge is 2.47. The highest BCUT2D eigenvalue weighted by molar-refractivity contribution is 4.99. The number of nitrogens with two attached hydrogens (primary N) is 4. The van der Waals surface area contributed by atoms with E-state index in [2.05, 4.69) is 0 Å². The first-order valence-electron chi connectivity index (χ1n) is 7.28. The van der Waals surface area contributed by atoms with Gasteiger partial charge >= 0.3 is 0 Å². The van der Waals surface area contributed by atoms with E-state index in [1.807, 2.05) is 0 Å². The van der Waals surface area contributed by atoms with Gasteiger partial charge in [0, 0.05) is 18.6 Å². The maximum absolute atomic E-state index is 10.1. The van der Waals surface area contributed by atoms with Crippen LogP contribution in [0, 0.1) is 0 Å². The van der Waals surface area contributed by atoms with Gasteiger partial charge in [0.1, 0.15) is 30.5 Å². The molecule has 1 saturated carbocycles. The van der Waals surface area contributed by atoms with Gasteiger partial charge in [0.15, 0.2) is 6.29 Å². The Kier molecular flexibility index (Phi) is 5.72. The summed E-state index contributed by atoms with van der Waals surface area (Å²) >= 11 is 0. The Balaban J connectivity index is 2.08. The van der Waals surface area contributed by atoms with Gasteiger partial charge in [-0.05, 0) is 6.42 Å². The molecule has 0 radical (unpaired) electrons. The van der Waals surface area contributed by atoms with Crippen LogP contribution in [-0.4, -0.2) is 88.0 Å². The lowest BCUT2D eigenvalue weighted by Gasteiger charge is -2.45. The van der Waals surface area contributed by atoms with Crippen LogP contribution in [-0.2, 0) is 9.47 Å². The molecule has 22 heavy (non-hydrogen) atoms. The van der Waals surface area contributed by atoms with Gasteiger partial charge < -0.3 is 52.8 Å². The van der Waals surface area contributed by atoms with Gasteiger partial charge in [-0.1, -0.05) is 0 Å². The van der Waals surface area contributed by atoms with E-state index in [1.165, 1.54) is 0 Å². The van der Waals surface area contributed by atoms with Crippen LogP contribution >= 0.6 is 0 Å². The van der Waals surface area contributed by atoms with Crippen molar-refractivity contribution in [2.45, 2.75) is 67.5 Å². The average molecular weight is 322 g/mol. The Labute approximate surface area is 128 Å². The van der Waals surface area contributed by atoms with E-state index in [0.29, 0.717) is 0 Å². The van der Waals surface area contributed by atoms with Gasteiger partial charge in [0.05, 0.1) is 12.1 Å². The van der Waals surface area contributed by atoms with Crippen molar-refractivity contribution in [3.05, 3.63) is 0 Å². The Bertz CT molecular complexity index is 376. The fraction of sp³-hybridized carbons (Fsp3) is 1.00. The summed E-state index contributed by atoms with van der Waals surface area (Å²) in [5, 5.41) is 39.6. The van der Waals surface area contributed by atoms with Crippen molar-refractivity contribution in [1.29, 1.82) is 0 Å². The number of aliphatic hydroxyl groups is 4. The Morgan fingerprint density at radius 1 is 0.909 bits per heavy atom. The van der Waals surface area contributed by atoms with E-state index >= 15 is 0 Å². The largest absolute Gasteiger partial charge is 0.389 e. The standard InChI is InChI=1S/C12H26N4O6/c13-2-5-8(18)9(19)6(16)12(21-5)22-11-4(15)1-3(14)7(17)10(11)20/h3-12,17-20H,1-2,13-16H2/t3-,4?,5?,6?,7?,8-,9?,10?,11-,12-/m1/s1. The Hall–Kier alpha value is -0.400. The fourth-order valence-corrected chi connectivity index (χ4v) is 2.89. The van der Waals surface area contributed by atoms with Crippen molar-refractivity contribution in [3.8, 4) is 0 Å². The fourth-order valence-electron chi connectivity index (χ4n) is 2.89. The highest BCUT2D eigenvalue weighted by atomic mass is 16.7. The van der Waals surface area contributed by atoms with Crippen LogP contribution in [0.5, 0.6) is 0 Å². The van der Waals surface area contributed by atoms with E-state index in [-0.39, 0.29) is 13.0 Å². The molecule has 2 rings (SSSR count). The van der Waals surface area contributed by atoms with Gasteiger partial charge in [0.2, 0.25) is 0 Å². The lowest BCUT2D eigenvalue weighted by atomic mass is 9.84. The molecule has 1 aliphatic heterocycles. The number of aliphatic hydroxyl groups excluding tert-OH is 4. The van der Waals surface area contributed by atoms with Crippen molar-refractivity contribution < 1.29 is 29.9 Å². The molecule has 0 bridgehead atoms. The summed E-state index contributed by atoms with van der Waals surface area (Å²) in [6, 6.07) is -2.34. The Morgan fingerprint density at radius 3 is 2.14 bits per heavy atom. The smallest absolute Gasteiger partial charge is 0.176 e. The average Bonchev–Trinajstić information content (AvgIpc) is 2.49. The molecule has 0 spiro atoms. The summed E-state index contributed by atoms with van der Waals surface area (Å²) in [7, 11) is 0. The zero-order valence-electron chi connectivity index (χ0n) is 12.1. The first-order chi connectivity index (χ1) is 10.3. The number of hydrogen-bond acceptors (Lipinski definition) is 10. The van der Waals surface area contributed by atoms with Crippen molar-refractivity contribution in [1.82, 2.24) is 0 Å². The predicted octanol–water partition coefficient (Wildman–Crippen LogP) is -5.12. The maximum Gasteiger partial charge on any atom is 0.176 e. The molecule has 12 N–H and O–H groups in total. The van der Waals surface area contributed by atoms with Crippen LogP contribution in [0.1, 0.15) is 6.42 Å². The van der Waals surface area contributed by atoms with Crippen LogP contribution in [0.25, 0.3) is 0 Å². The third-order valence-electron chi connectivity index (χ3n) is 4.36. The van der Waals surface area contributed by atoms with E-state index in [0.717, 1.165) is 0 Å². The van der Waals surface area contributed by atoms with Crippen molar-refractivity contribution in [3.63, 3.8) is 0 Å². The molecule has 0 aromatic carbocycles. The predicted molar refractivity (Wildman–Crippen MR) is 75.2 cm³/mol. The van der Waals surface area contributed by atoms with Crippen LogP contribution in [0.2, 0.25) is 0 Å². The quantitative estimate of drug-likeness (QED) is 0.248. The van der Waals surface area contributed by atoms with Crippen LogP contribution < -0.4 is 22.9 Å². The third-order valence-corrected chi connectivity index (χ3v) is 4.36. The summed E-state index contributed by atoms with van der Waals surface area (Å²) in [5.74, 6) is 0. The first kappa shape index (κ1) is 17.9. The summed E-state index contributed by atoms with van der Waals surface area (Å²) in [5.41, 5.74) is 22.8. The molecule has 0 amide bonds. The highest BCUT2D eigenvalue weighted by Crippen LogP contribution is 2.26. The van der Waals surface area contributed by atoms with Crippen LogP contribution in [0.4, 0.5) is 0 Å². The normalized spacial score (nSPS) is 53.5. The van der Waals surface area contributed by atoms with E-state index in [1.54, 1.807) is 0 Å². The van der Waals surface area contributed by atoms with E-state index in [4.69, 9.17) is 32.4 Å². The Morgan fingerprint density at radius 2 is 1.55 bits per heavy atom. The third kappa shape index (κ3) is 3.26. The second-order valence-corrected chi connectivity index (χ2v) is 5.98. The zero-order valence-corrected chi connectivity index (χ0v) is 12.1. The molecule has 1 heterocycles. The molecule has 1 aliphatic carbocycles. The van der Waals surface area contributed by atoms with Crippen LogP contribution in [0.3, 0.4) is 0 Å². The van der Waals surface area contributed by atoms with Crippen molar-refractivity contribution in [2.75, 3.05) is 6.54 Å². The molecule has 10 nitrogen and oxygen atoms in total. The van der Waals surface area contributed by atoms with Crippen LogP contribution in [0.15, 0.2) is 0 Å². The molecule has 10 heteroatoms. The molecular weight excluding hydrogens is 296 g/mol. The molecule has 130 valence electrons. The lowest BCUT2D eigenvalue weighted by molar-refractivity contribution is -0.287. The molecule has 10 atom stereocenters. The molecular formula is C12H26N4O6. The molecule has 1 saturated heterocycles. The van der Waals surface area contributed by atoms with Gasteiger partial charge in [0.25, 0.3) is 0 Å². The minimum Gasteiger partial charge on any atom is -0.389 e. The zero-order chi connectivity index (χ0) is 16.6. The maximum atomic E-state index is 10.1.